The number of Topliss-reactive ketones (excluding diaryl/α,β-unsaturated/α-hetero) is 1. The molecule has 6 nitrogen and oxygen atoms in total. The third kappa shape index (κ3) is 1.99. The van der Waals surface area contributed by atoms with E-state index in [0.717, 1.165) is 18.7 Å². The predicted octanol–water partition coefficient (Wildman–Crippen LogP) is -0.347. The van der Waals surface area contributed by atoms with Crippen molar-refractivity contribution in [1.29, 1.82) is 0 Å². The lowest BCUT2D eigenvalue weighted by Crippen LogP contribution is -2.43. The lowest BCUT2D eigenvalue weighted by molar-refractivity contribution is -0.130. The summed E-state index contributed by atoms with van der Waals surface area (Å²) in [5.41, 5.74) is 0.989. The van der Waals surface area contributed by atoms with Crippen molar-refractivity contribution < 1.29 is 14.4 Å². The molecular weight excluding hydrogens is 258 g/mol. The fourth-order valence-corrected chi connectivity index (χ4v) is 3.44. The van der Waals surface area contributed by atoms with Crippen molar-refractivity contribution in [2.24, 2.45) is 0 Å². The smallest absolute Gasteiger partial charge is 0.246 e. The summed E-state index contributed by atoms with van der Waals surface area (Å²) in [6, 6.07) is -0.204. The van der Waals surface area contributed by atoms with Crippen molar-refractivity contribution in [1.82, 2.24) is 15.1 Å². The first kappa shape index (κ1) is 13.1. The quantitative estimate of drug-likeness (QED) is 0.701. The molecule has 0 saturated carbocycles. The van der Waals surface area contributed by atoms with E-state index in [1.54, 1.807) is 17.9 Å². The SMILES string of the molecule is C[C@@H]1NC(=O)C=C1N1CCC(N2C(=O)CC(=O)[C@@H]2C)C1. The van der Waals surface area contributed by atoms with Gasteiger partial charge in [-0.1, -0.05) is 0 Å². The standard InChI is InChI=1S/C14H19N3O3/c1-8-11(5-13(19)15-8)16-4-3-10(7-16)17-9(2)12(18)6-14(17)20/h5,8-10H,3-4,6-7H2,1-2H3,(H,15,19)/t8-,9-,10?/m0/s1. The molecular formula is C14H19N3O3. The molecule has 0 aliphatic carbocycles. The largest absolute Gasteiger partial charge is 0.371 e. The van der Waals surface area contributed by atoms with Gasteiger partial charge < -0.3 is 15.1 Å². The molecule has 20 heavy (non-hydrogen) atoms. The van der Waals surface area contributed by atoms with Crippen LogP contribution in [-0.2, 0) is 14.4 Å². The number of ketones is 1. The van der Waals surface area contributed by atoms with Gasteiger partial charge in [-0.25, -0.2) is 0 Å². The lowest BCUT2D eigenvalue weighted by Gasteiger charge is -2.29. The van der Waals surface area contributed by atoms with Gasteiger partial charge in [-0.3, -0.25) is 14.4 Å². The number of carbonyl (C=O) groups is 3. The van der Waals surface area contributed by atoms with Gasteiger partial charge in [0.1, 0.15) is 0 Å². The minimum atomic E-state index is -0.304. The molecule has 0 spiro atoms. The molecule has 108 valence electrons. The van der Waals surface area contributed by atoms with Gasteiger partial charge in [-0.05, 0) is 20.3 Å². The average molecular weight is 277 g/mol. The number of hydrogen-bond acceptors (Lipinski definition) is 4. The van der Waals surface area contributed by atoms with Crippen molar-refractivity contribution in [3.8, 4) is 0 Å². The fourth-order valence-electron chi connectivity index (χ4n) is 3.44. The Hall–Kier alpha value is -1.85. The number of nitrogens with zero attached hydrogens (tertiary/aromatic N) is 2. The zero-order valence-electron chi connectivity index (χ0n) is 11.8. The number of carbonyl (C=O) groups excluding carboxylic acids is 3. The minimum Gasteiger partial charge on any atom is -0.371 e. The normalized spacial score (nSPS) is 34.0. The first-order chi connectivity index (χ1) is 9.47. The number of likely N-dealkylation sites (tertiary alicyclic amines) is 2. The van der Waals surface area contributed by atoms with Crippen LogP contribution in [0.2, 0.25) is 0 Å². The summed E-state index contributed by atoms with van der Waals surface area (Å²) in [4.78, 5) is 38.8. The zero-order valence-corrected chi connectivity index (χ0v) is 11.8. The van der Waals surface area contributed by atoms with E-state index in [9.17, 15) is 14.4 Å². The van der Waals surface area contributed by atoms with E-state index >= 15 is 0 Å². The van der Waals surface area contributed by atoms with Gasteiger partial charge in [0.15, 0.2) is 5.78 Å². The van der Waals surface area contributed by atoms with Crippen LogP contribution in [0.3, 0.4) is 0 Å². The van der Waals surface area contributed by atoms with Crippen molar-refractivity contribution >= 4 is 17.6 Å². The van der Waals surface area contributed by atoms with E-state index in [4.69, 9.17) is 0 Å². The van der Waals surface area contributed by atoms with Crippen LogP contribution in [0.4, 0.5) is 0 Å². The predicted molar refractivity (Wildman–Crippen MR) is 71.6 cm³/mol. The lowest BCUT2D eigenvalue weighted by atomic mass is 10.2. The van der Waals surface area contributed by atoms with Crippen LogP contribution in [-0.4, -0.2) is 58.6 Å². The van der Waals surface area contributed by atoms with Gasteiger partial charge in [0.25, 0.3) is 0 Å². The van der Waals surface area contributed by atoms with Crippen LogP contribution in [0.1, 0.15) is 26.7 Å². The number of hydrogen-bond donors (Lipinski definition) is 1. The second kappa shape index (κ2) is 4.61. The fraction of sp³-hybridized carbons (Fsp3) is 0.643. The molecule has 3 atom stereocenters. The molecule has 0 radical (unpaired) electrons. The molecule has 1 N–H and O–H groups in total. The molecule has 0 bridgehead atoms. The molecule has 6 heteroatoms. The molecule has 1 unspecified atom stereocenters. The number of rotatable bonds is 2. The monoisotopic (exact) mass is 277 g/mol. The maximum Gasteiger partial charge on any atom is 0.246 e. The summed E-state index contributed by atoms with van der Waals surface area (Å²) in [6.07, 6.45) is 2.52. The van der Waals surface area contributed by atoms with Gasteiger partial charge >= 0.3 is 0 Å². The van der Waals surface area contributed by atoms with Gasteiger partial charge in [0, 0.05) is 24.9 Å². The first-order valence-corrected chi connectivity index (χ1v) is 7.08. The van der Waals surface area contributed by atoms with E-state index in [-0.39, 0.29) is 42.1 Å². The minimum absolute atomic E-state index is 0.0127. The zero-order chi connectivity index (χ0) is 14.4. The van der Waals surface area contributed by atoms with Crippen LogP contribution in [0.15, 0.2) is 11.8 Å². The Morgan fingerprint density at radius 1 is 1.25 bits per heavy atom. The Labute approximate surface area is 117 Å². The van der Waals surface area contributed by atoms with Crippen LogP contribution in [0.25, 0.3) is 0 Å². The van der Waals surface area contributed by atoms with Gasteiger partial charge in [0.05, 0.1) is 24.5 Å². The molecule has 3 aliphatic heterocycles. The molecule has 2 fully saturated rings. The van der Waals surface area contributed by atoms with Gasteiger partial charge in [-0.15, -0.1) is 0 Å². The first-order valence-electron chi connectivity index (χ1n) is 7.08. The molecule has 3 rings (SSSR count). The summed E-state index contributed by atoms with van der Waals surface area (Å²) in [5.74, 6) is -0.104. The Morgan fingerprint density at radius 3 is 2.55 bits per heavy atom. The molecule has 0 aromatic rings. The summed E-state index contributed by atoms with van der Waals surface area (Å²) < 4.78 is 0. The van der Waals surface area contributed by atoms with Gasteiger partial charge in [0.2, 0.25) is 11.8 Å². The van der Waals surface area contributed by atoms with E-state index in [0.29, 0.717) is 6.54 Å². The van der Waals surface area contributed by atoms with Crippen molar-refractivity contribution in [3.63, 3.8) is 0 Å². The van der Waals surface area contributed by atoms with Crippen LogP contribution in [0.5, 0.6) is 0 Å². The Kier molecular flexibility index (Phi) is 3.03. The number of amides is 2. The molecule has 0 aromatic carbocycles. The summed E-state index contributed by atoms with van der Waals surface area (Å²) in [7, 11) is 0. The second-order valence-electron chi connectivity index (χ2n) is 5.81. The maximum atomic E-state index is 11.9. The molecule has 3 aliphatic rings. The number of nitrogens with one attached hydrogen (secondary N) is 1. The summed E-state index contributed by atoms with van der Waals surface area (Å²) >= 11 is 0. The average Bonchev–Trinajstić information content (AvgIpc) is 3.01. The maximum absolute atomic E-state index is 11.9. The van der Waals surface area contributed by atoms with Crippen LogP contribution >= 0.6 is 0 Å². The highest BCUT2D eigenvalue weighted by Crippen LogP contribution is 2.28. The molecule has 2 amide bonds. The molecule has 3 heterocycles. The molecule has 0 aromatic heterocycles. The Bertz CT molecular complexity index is 514. The van der Waals surface area contributed by atoms with E-state index in [1.165, 1.54) is 0 Å². The highest BCUT2D eigenvalue weighted by atomic mass is 16.2. The highest BCUT2D eigenvalue weighted by Gasteiger charge is 2.42. The van der Waals surface area contributed by atoms with Crippen LogP contribution in [0, 0.1) is 0 Å². The Morgan fingerprint density at radius 2 is 2.00 bits per heavy atom. The van der Waals surface area contributed by atoms with E-state index in [2.05, 4.69) is 10.2 Å². The topological polar surface area (TPSA) is 69.7 Å². The van der Waals surface area contributed by atoms with Crippen molar-refractivity contribution in [3.05, 3.63) is 11.8 Å². The van der Waals surface area contributed by atoms with Crippen molar-refractivity contribution in [2.45, 2.75) is 44.8 Å². The third-order valence-corrected chi connectivity index (χ3v) is 4.50. The summed E-state index contributed by atoms with van der Waals surface area (Å²) in [6.45, 7) is 5.28. The highest BCUT2D eigenvalue weighted by molar-refractivity contribution is 6.07. The Balaban J connectivity index is 1.71. The van der Waals surface area contributed by atoms with Gasteiger partial charge in [-0.2, -0.15) is 0 Å². The van der Waals surface area contributed by atoms with Crippen molar-refractivity contribution in [2.75, 3.05) is 13.1 Å². The van der Waals surface area contributed by atoms with E-state index in [1.807, 2.05) is 6.92 Å². The molecule has 2 saturated heterocycles. The second-order valence-corrected chi connectivity index (χ2v) is 5.81. The summed E-state index contributed by atoms with van der Waals surface area (Å²) in [5, 5.41) is 2.84. The van der Waals surface area contributed by atoms with E-state index < -0.39 is 0 Å². The third-order valence-electron chi connectivity index (χ3n) is 4.50. The van der Waals surface area contributed by atoms with Crippen LogP contribution < -0.4 is 5.32 Å².